The van der Waals surface area contributed by atoms with Crippen LogP contribution in [0, 0.1) is 0 Å². The fourth-order valence-electron chi connectivity index (χ4n) is 1.81. The van der Waals surface area contributed by atoms with E-state index >= 15 is 0 Å². The van der Waals surface area contributed by atoms with Crippen molar-refractivity contribution in [1.82, 2.24) is 4.98 Å². The molecule has 1 aromatic heterocycles. The molecule has 98 valence electrons. The Balaban J connectivity index is 2.38. The Morgan fingerprint density at radius 3 is 2.79 bits per heavy atom. The fourth-order valence-corrected chi connectivity index (χ4v) is 2.23. The maximum absolute atomic E-state index is 12.5. The van der Waals surface area contributed by atoms with E-state index in [1.165, 1.54) is 0 Å². The maximum Gasteiger partial charge on any atom is 0.278 e. The van der Waals surface area contributed by atoms with Crippen molar-refractivity contribution in [1.29, 1.82) is 0 Å². The van der Waals surface area contributed by atoms with E-state index in [9.17, 15) is 4.79 Å². The van der Waals surface area contributed by atoms with E-state index in [0.717, 1.165) is 5.69 Å². The van der Waals surface area contributed by atoms with Crippen LogP contribution in [0.15, 0.2) is 47.1 Å². The molecule has 0 aliphatic heterocycles. The lowest BCUT2D eigenvalue weighted by atomic mass is 10.2. The van der Waals surface area contributed by atoms with Gasteiger partial charge in [0.15, 0.2) is 0 Å². The molecule has 2 rings (SSSR count). The number of hydrogen-bond acceptors (Lipinski definition) is 3. The van der Waals surface area contributed by atoms with E-state index in [4.69, 9.17) is 5.73 Å². The average molecular weight is 320 g/mol. The van der Waals surface area contributed by atoms with E-state index in [1.807, 2.05) is 19.1 Å². The Morgan fingerprint density at radius 1 is 1.37 bits per heavy atom. The van der Waals surface area contributed by atoms with Crippen LogP contribution in [0.3, 0.4) is 0 Å². The van der Waals surface area contributed by atoms with Crippen LogP contribution in [-0.2, 0) is 0 Å². The first kappa shape index (κ1) is 13.5. The minimum Gasteiger partial charge on any atom is -0.399 e. The highest BCUT2D eigenvalue weighted by Crippen LogP contribution is 2.22. The van der Waals surface area contributed by atoms with Crippen LogP contribution in [0.5, 0.6) is 0 Å². The van der Waals surface area contributed by atoms with Crippen molar-refractivity contribution in [2.45, 2.75) is 6.92 Å². The summed E-state index contributed by atoms with van der Waals surface area (Å²) < 4.78 is 0.683. The summed E-state index contributed by atoms with van der Waals surface area (Å²) in [7, 11) is 0. The molecule has 19 heavy (non-hydrogen) atoms. The number of halogens is 1. The summed E-state index contributed by atoms with van der Waals surface area (Å²) in [5.74, 6) is -0.152. The normalized spacial score (nSPS) is 10.2. The quantitative estimate of drug-likeness (QED) is 0.884. The van der Waals surface area contributed by atoms with Gasteiger partial charge in [0.2, 0.25) is 0 Å². The third kappa shape index (κ3) is 2.93. The van der Waals surface area contributed by atoms with E-state index < -0.39 is 0 Å². The molecule has 0 fully saturated rings. The first-order valence-electron chi connectivity index (χ1n) is 5.91. The van der Waals surface area contributed by atoms with Crippen molar-refractivity contribution in [3.8, 4) is 0 Å². The number of benzene rings is 1. The van der Waals surface area contributed by atoms with Crippen LogP contribution < -0.4 is 10.6 Å². The number of aromatic nitrogens is 1. The highest BCUT2D eigenvalue weighted by atomic mass is 79.9. The lowest BCUT2D eigenvalue weighted by Gasteiger charge is -2.21. The molecule has 4 nitrogen and oxygen atoms in total. The first-order chi connectivity index (χ1) is 9.13. The number of carbonyl (C=O) groups is 1. The Bertz CT molecular complexity index is 601. The molecule has 1 amide bonds. The number of pyridine rings is 1. The topological polar surface area (TPSA) is 59.2 Å². The van der Waals surface area contributed by atoms with Gasteiger partial charge in [-0.05, 0) is 53.2 Å². The van der Waals surface area contributed by atoms with E-state index in [0.29, 0.717) is 22.4 Å². The van der Waals surface area contributed by atoms with Crippen molar-refractivity contribution in [2.24, 2.45) is 0 Å². The minimum atomic E-state index is -0.152. The highest BCUT2D eigenvalue weighted by Gasteiger charge is 2.19. The zero-order valence-corrected chi connectivity index (χ0v) is 12.1. The summed E-state index contributed by atoms with van der Waals surface area (Å²) in [5, 5.41) is 0. The maximum atomic E-state index is 12.5. The van der Waals surface area contributed by atoms with Crippen LogP contribution in [-0.4, -0.2) is 17.4 Å². The van der Waals surface area contributed by atoms with Gasteiger partial charge in [-0.15, -0.1) is 0 Å². The third-order valence-corrected chi connectivity index (χ3v) is 3.34. The Kier molecular flexibility index (Phi) is 4.16. The number of anilines is 2. The van der Waals surface area contributed by atoms with Gasteiger partial charge < -0.3 is 10.6 Å². The molecule has 5 heteroatoms. The van der Waals surface area contributed by atoms with Gasteiger partial charge >= 0.3 is 0 Å². The average Bonchev–Trinajstić information content (AvgIpc) is 2.40. The van der Waals surface area contributed by atoms with Gasteiger partial charge in [0, 0.05) is 28.6 Å². The predicted molar refractivity (Wildman–Crippen MR) is 80.1 cm³/mol. The summed E-state index contributed by atoms with van der Waals surface area (Å²) in [5.41, 5.74) is 7.55. The van der Waals surface area contributed by atoms with Gasteiger partial charge in [0.25, 0.3) is 5.91 Å². The predicted octanol–water partition coefficient (Wildman–Crippen LogP) is 3.09. The molecule has 1 aromatic carbocycles. The third-order valence-electron chi connectivity index (χ3n) is 2.70. The van der Waals surface area contributed by atoms with Gasteiger partial charge in [0.1, 0.15) is 5.69 Å². The summed E-state index contributed by atoms with van der Waals surface area (Å²) in [6.07, 6.45) is 1.60. The van der Waals surface area contributed by atoms with Gasteiger partial charge in [0.05, 0.1) is 0 Å². The molecule has 0 unspecified atom stereocenters. The molecule has 0 atom stereocenters. The Hall–Kier alpha value is -1.88. The van der Waals surface area contributed by atoms with Crippen molar-refractivity contribution >= 4 is 33.2 Å². The number of nitrogen functional groups attached to an aromatic ring is 1. The standard InChI is InChI=1S/C14H14BrN3O/c1-2-18(11-6-3-5-10(16)9-11)14(19)13-12(15)7-4-8-17-13/h3-9H,2,16H2,1H3. The number of carbonyl (C=O) groups excluding carboxylic acids is 1. The van der Waals surface area contributed by atoms with Crippen molar-refractivity contribution in [2.75, 3.05) is 17.2 Å². The molecule has 2 aromatic rings. The van der Waals surface area contributed by atoms with Gasteiger partial charge in [-0.25, -0.2) is 4.98 Å². The second-order valence-corrected chi connectivity index (χ2v) is 4.83. The van der Waals surface area contributed by atoms with Crippen LogP contribution >= 0.6 is 15.9 Å². The molecule has 0 bridgehead atoms. The zero-order valence-electron chi connectivity index (χ0n) is 10.5. The number of nitrogens with zero attached hydrogens (tertiary/aromatic N) is 2. The zero-order chi connectivity index (χ0) is 13.8. The second kappa shape index (κ2) is 5.84. The molecule has 1 heterocycles. The summed E-state index contributed by atoms with van der Waals surface area (Å²) >= 11 is 3.35. The van der Waals surface area contributed by atoms with Crippen molar-refractivity contribution in [3.05, 3.63) is 52.8 Å². The molecular formula is C14H14BrN3O. The number of nitrogens with two attached hydrogens (primary N) is 1. The monoisotopic (exact) mass is 319 g/mol. The van der Waals surface area contributed by atoms with Gasteiger partial charge in [-0.1, -0.05) is 6.07 Å². The second-order valence-electron chi connectivity index (χ2n) is 3.98. The SMILES string of the molecule is CCN(C(=O)c1ncccc1Br)c1cccc(N)c1. The number of rotatable bonds is 3. The molecule has 0 aliphatic rings. The molecule has 0 aliphatic carbocycles. The molecule has 0 radical (unpaired) electrons. The number of hydrogen-bond donors (Lipinski definition) is 1. The van der Waals surface area contributed by atoms with Gasteiger partial charge in [-0.2, -0.15) is 0 Å². The molecule has 0 spiro atoms. The summed E-state index contributed by atoms with van der Waals surface area (Å²) in [6, 6.07) is 10.8. The molecule has 2 N–H and O–H groups in total. The lowest BCUT2D eigenvalue weighted by molar-refractivity contribution is 0.0983. The van der Waals surface area contributed by atoms with Crippen LogP contribution in [0.25, 0.3) is 0 Å². The van der Waals surface area contributed by atoms with Crippen LogP contribution in [0.2, 0.25) is 0 Å². The Morgan fingerprint density at radius 2 is 2.16 bits per heavy atom. The molecule has 0 saturated carbocycles. The highest BCUT2D eigenvalue weighted by molar-refractivity contribution is 9.10. The van der Waals surface area contributed by atoms with Gasteiger partial charge in [-0.3, -0.25) is 4.79 Å². The van der Waals surface area contributed by atoms with E-state index in [1.54, 1.807) is 35.4 Å². The lowest BCUT2D eigenvalue weighted by Crippen LogP contribution is -2.31. The van der Waals surface area contributed by atoms with E-state index in [-0.39, 0.29) is 5.91 Å². The first-order valence-corrected chi connectivity index (χ1v) is 6.70. The molecular weight excluding hydrogens is 306 g/mol. The minimum absolute atomic E-state index is 0.152. The number of amides is 1. The van der Waals surface area contributed by atoms with E-state index in [2.05, 4.69) is 20.9 Å². The smallest absolute Gasteiger partial charge is 0.278 e. The van der Waals surface area contributed by atoms with Crippen LogP contribution in [0.1, 0.15) is 17.4 Å². The van der Waals surface area contributed by atoms with Crippen LogP contribution in [0.4, 0.5) is 11.4 Å². The van der Waals surface area contributed by atoms with Crippen molar-refractivity contribution in [3.63, 3.8) is 0 Å². The largest absolute Gasteiger partial charge is 0.399 e. The van der Waals surface area contributed by atoms with Crippen molar-refractivity contribution < 1.29 is 4.79 Å². The summed E-state index contributed by atoms with van der Waals surface area (Å²) in [6.45, 7) is 2.46. The molecule has 0 saturated heterocycles. The Labute approximate surface area is 120 Å². The summed E-state index contributed by atoms with van der Waals surface area (Å²) in [4.78, 5) is 18.3. The fraction of sp³-hybridized carbons (Fsp3) is 0.143.